The largest absolute Gasteiger partial charge is 0.368 e. The third kappa shape index (κ3) is 2.53. The van der Waals surface area contributed by atoms with E-state index < -0.39 is 17.3 Å². The van der Waals surface area contributed by atoms with Crippen molar-refractivity contribution in [3.8, 4) is 0 Å². The lowest BCUT2D eigenvalue weighted by molar-refractivity contribution is 0.605. The molecule has 11 heteroatoms. The molecule has 0 fully saturated rings. The summed E-state index contributed by atoms with van der Waals surface area (Å²) >= 11 is 0. The van der Waals surface area contributed by atoms with Crippen LogP contribution in [0.15, 0.2) is 15.9 Å². The molecule has 0 radical (unpaired) electrons. The summed E-state index contributed by atoms with van der Waals surface area (Å²) in [6.45, 7) is 1.82. The van der Waals surface area contributed by atoms with Gasteiger partial charge in [0, 0.05) is 28.2 Å². The molecule has 0 bridgehead atoms. The smallest absolute Gasteiger partial charge is 0.332 e. The highest BCUT2D eigenvalue weighted by Crippen LogP contribution is 2.20. The Morgan fingerprint density at radius 2 is 1.80 bits per heavy atom. The molecule has 0 saturated carbocycles. The number of hydrogen-bond donors (Lipinski definition) is 1. The fourth-order valence-corrected chi connectivity index (χ4v) is 2.57. The van der Waals surface area contributed by atoms with E-state index in [0.29, 0.717) is 22.9 Å². The van der Waals surface area contributed by atoms with Gasteiger partial charge >= 0.3 is 5.69 Å². The first-order valence-corrected chi connectivity index (χ1v) is 7.53. The van der Waals surface area contributed by atoms with E-state index in [2.05, 4.69) is 19.9 Å². The Kier molecular flexibility index (Phi) is 3.78. The quantitative estimate of drug-likeness (QED) is 0.631. The number of aromatic nitrogens is 7. The lowest BCUT2D eigenvalue weighted by Gasteiger charge is -2.16. The highest BCUT2D eigenvalue weighted by molar-refractivity contribution is 5.70. The first-order valence-electron chi connectivity index (χ1n) is 7.53. The molecule has 3 aromatic heterocycles. The van der Waals surface area contributed by atoms with Crippen LogP contribution in [0.25, 0.3) is 11.2 Å². The molecule has 2 N–H and O–H groups in total. The maximum atomic E-state index is 12.6. The van der Waals surface area contributed by atoms with Crippen LogP contribution in [0.1, 0.15) is 18.8 Å². The molecule has 1 atom stereocenters. The number of nitrogen functional groups attached to an aromatic ring is 1. The molecule has 0 amide bonds. The molecule has 0 aromatic carbocycles. The zero-order chi connectivity index (χ0) is 18.5. The molecule has 25 heavy (non-hydrogen) atoms. The van der Waals surface area contributed by atoms with Gasteiger partial charge in [-0.25, -0.2) is 9.78 Å². The van der Waals surface area contributed by atoms with Gasteiger partial charge in [-0.15, -0.1) is 0 Å². The van der Waals surface area contributed by atoms with Gasteiger partial charge in [-0.2, -0.15) is 15.0 Å². The fourth-order valence-electron chi connectivity index (χ4n) is 2.57. The standard InChI is InChI=1S/C14H19N9O2/c1-7(9-17-12(15)19-13(18-9)20(2)3)23-6-16-10-8(23)11(24)22(5)14(25)21(10)4/h6-7H,1-5H3,(H2,15,17,18,19). The number of hydrogen-bond acceptors (Lipinski definition) is 8. The minimum atomic E-state index is -0.435. The summed E-state index contributed by atoms with van der Waals surface area (Å²) in [7, 11) is 6.58. The monoisotopic (exact) mass is 345 g/mol. The van der Waals surface area contributed by atoms with Crippen LogP contribution in [0.5, 0.6) is 0 Å². The number of nitrogens with two attached hydrogens (primary N) is 1. The van der Waals surface area contributed by atoms with Crippen LogP contribution < -0.4 is 21.9 Å². The molecule has 0 spiro atoms. The molecule has 0 aliphatic heterocycles. The molecule has 3 rings (SSSR count). The van der Waals surface area contributed by atoms with Crippen molar-refractivity contribution in [2.45, 2.75) is 13.0 Å². The average molecular weight is 345 g/mol. The lowest BCUT2D eigenvalue weighted by Crippen LogP contribution is -2.37. The van der Waals surface area contributed by atoms with E-state index in [1.807, 2.05) is 6.92 Å². The summed E-state index contributed by atoms with van der Waals surface area (Å²) in [5.41, 5.74) is 5.50. The molecular formula is C14H19N9O2. The highest BCUT2D eigenvalue weighted by atomic mass is 16.2. The minimum absolute atomic E-state index is 0.0882. The van der Waals surface area contributed by atoms with E-state index >= 15 is 0 Å². The fraction of sp³-hybridized carbons (Fsp3) is 0.429. The zero-order valence-electron chi connectivity index (χ0n) is 14.6. The molecule has 1 unspecified atom stereocenters. The van der Waals surface area contributed by atoms with Crippen molar-refractivity contribution in [3.63, 3.8) is 0 Å². The second-order valence-electron chi connectivity index (χ2n) is 5.95. The van der Waals surface area contributed by atoms with Crippen molar-refractivity contribution in [2.75, 3.05) is 24.7 Å². The highest BCUT2D eigenvalue weighted by Gasteiger charge is 2.21. The lowest BCUT2D eigenvalue weighted by atomic mass is 10.3. The van der Waals surface area contributed by atoms with Crippen molar-refractivity contribution in [3.05, 3.63) is 33.0 Å². The summed E-state index contributed by atoms with van der Waals surface area (Å²) < 4.78 is 4.00. The third-order valence-corrected chi connectivity index (χ3v) is 4.02. The van der Waals surface area contributed by atoms with Gasteiger partial charge in [0.05, 0.1) is 12.4 Å². The zero-order valence-corrected chi connectivity index (χ0v) is 14.6. The van der Waals surface area contributed by atoms with Crippen molar-refractivity contribution in [1.82, 2.24) is 33.6 Å². The van der Waals surface area contributed by atoms with Crippen molar-refractivity contribution < 1.29 is 0 Å². The second-order valence-corrected chi connectivity index (χ2v) is 5.95. The summed E-state index contributed by atoms with van der Waals surface area (Å²) in [5.74, 6) is 0.899. The summed E-state index contributed by atoms with van der Waals surface area (Å²) in [6, 6.07) is -0.431. The third-order valence-electron chi connectivity index (χ3n) is 4.02. The van der Waals surface area contributed by atoms with Crippen molar-refractivity contribution >= 4 is 23.1 Å². The van der Waals surface area contributed by atoms with E-state index in [0.717, 1.165) is 4.57 Å². The van der Waals surface area contributed by atoms with Crippen LogP contribution in [0.4, 0.5) is 11.9 Å². The Morgan fingerprint density at radius 1 is 1.12 bits per heavy atom. The van der Waals surface area contributed by atoms with Gasteiger partial charge in [0.1, 0.15) is 0 Å². The van der Waals surface area contributed by atoms with Gasteiger partial charge in [-0.05, 0) is 6.92 Å². The molecular weight excluding hydrogens is 326 g/mol. The second kappa shape index (κ2) is 5.69. The number of rotatable bonds is 3. The number of fused-ring (bicyclic) bond motifs is 1. The van der Waals surface area contributed by atoms with E-state index in [9.17, 15) is 9.59 Å². The molecule has 0 aliphatic carbocycles. The van der Waals surface area contributed by atoms with Gasteiger partial charge < -0.3 is 15.2 Å². The Labute approximate surface area is 142 Å². The van der Waals surface area contributed by atoms with Crippen molar-refractivity contribution in [1.29, 1.82) is 0 Å². The average Bonchev–Trinajstić information content (AvgIpc) is 3.01. The van der Waals surface area contributed by atoms with Crippen LogP contribution >= 0.6 is 0 Å². The van der Waals surface area contributed by atoms with Crippen LogP contribution in [0.3, 0.4) is 0 Å². The Hall–Kier alpha value is -3.24. The number of anilines is 2. The van der Waals surface area contributed by atoms with Crippen LogP contribution in [0.2, 0.25) is 0 Å². The van der Waals surface area contributed by atoms with E-state index in [4.69, 9.17) is 5.73 Å². The predicted molar refractivity (Wildman–Crippen MR) is 92.6 cm³/mol. The molecule has 3 heterocycles. The normalized spacial score (nSPS) is 12.5. The molecule has 0 aliphatic rings. The van der Waals surface area contributed by atoms with E-state index in [1.165, 1.54) is 17.9 Å². The van der Waals surface area contributed by atoms with E-state index in [-0.39, 0.29) is 5.95 Å². The first kappa shape index (κ1) is 16.6. The SMILES string of the molecule is CC(c1nc(N)nc(N(C)C)n1)n1cnc2c1c(=O)n(C)c(=O)n2C. The van der Waals surface area contributed by atoms with Gasteiger partial charge in [0.2, 0.25) is 11.9 Å². The minimum Gasteiger partial charge on any atom is -0.368 e. The number of imidazole rings is 1. The first-order chi connectivity index (χ1) is 11.7. The Balaban J connectivity index is 2.24. The predicted octanol–water partition coefficient (Wildman–Crippen LogP) is -1.12. The van der Waals surface area contributed by atoms with Crippen LogP contribution in [-0.2, 0) is 14.1 Å². The topological polar surface area (TPSA) is 130 Å². The summed E-state index contributed by atoms with van der Waals surface area (Å²) in [5, 5.41) is 0. The number of aryl methyl sites for hydroxylation is 1. The maximum absolute atomic E-state index is 12.6. The van der Waals surface area contributed by atoms with Gasteiger partial charge in [0.25, 0.3) is 5.56 Å². The summed E-state index contributed by atoms with van der Waals surface area (Å²) in [6.07, 6.45) is 1.49. The maximum Gasteiger partial charge on any atom is 0.332 e. The van der Waals surface area contributed by atoms with E-state index in [1.54, 1.807) is 30.6 Å². The van der Waals surface area contributed by atoms with Crippen LogP contribution in [-0.4, -0.2) is 47.7 Å². The van der Waals surface area contributed by atoms with Gasteiger partial charge in [0.15, 0.2) is 17.0 Å². The molecule has 3 aromatic rings. The van der Waals surface area contributed by atoms with Gasteiger partial charge in [-0.3, -0.25) is 13.9 Å². The molecule has 132 valence electrons. The molecule has 11 nitrogen and oxygen atoms in total. The van der Waals surface area contributed by atoms with Crippen molar-refractivity contribution in [2.24, 2.45) is 14.1 Å². The summed E-state index contributed by atoms with van der Waals surface area (Å²) in [4.78, 5) is 43.1. The Morgan fingerprint density at radius 3 is 2.44 bits per heavy atom. The Bertz CT molecular complexity index is 1080. The number of nitrogens with zero attached hydrogens (tertiary/aromatic N) is 8. The molecule has 0 saturated heterocycles. The van der Waals surface area contributed by atoms with Gasteiger partial charge in [-0.1, -0.05) is 0 Å². The van der Waals surface area contributed by atoms with Crippen LogP contribution in [0, 0.1) is 0 Å².